The van der Waals surface area contributed by atoms with Crippen LogP contribution in [0.1, 0.15) is 17.2 Å². The summed E-state index contributed by atoms with van der Waals surface area (Å²) in [7, 11) is -2.16. The van der Waals surface area contributed by atoms with Gasteiger partial charge in [0.2, 0.25) is 10.0 Å². The Morgan fingerprint density at radius 2 is 1.95 bits per heavy atom. The minimum absolute atomic E-state index is 0.194. The molecule has 1 aliphatic rings. The summed E-state index contributed by atoms with van der Waals surface area (Å²) in [5.41, 5.74) is 0.871. The number of methoxy groups -OCH3 is 1. The number of ether oxygens (including phenoxy) is 1. The highest BCUT2D eigenvalue weighted by Crippen LogP contribution is 2.29. The third kappa shape index (κ3) is 2.38. The number of aryl methyl sites for hydroxylation is 2. The van der Waals surface area contributed by atoms with E-state index in [9.17, 15) is 8.42 Å². The van der Waals surface area contributed by atoms with Crippen molar-refractivity contribution in [1.82, 2.24) is 19.1 Å². The summed E-state index contributed by atoms with van der Waals surface area (Å²) in [6.07, 6.45) is 0. The highest BCUT2D eigenvalue weighted by molar-refractivity contribution is 7.89. The monoisotopic (exact) mass is 322 g/mol. The Hall–Kier alpha value is -1.93. The molecule has 1 aromatic carbocycles. The lowest BCUT2D eigenvalue weighted by Crippen LogP contribution is -2.38. The first-order chi connectivity index (χ1) is 10.4. The van der Waals surface area contributed by atoms with Crippen LogP contribution in [-0.2, 0) is 23.1 Å². The lowest BCUT2D eigenvalue weighted by atomic mass is 10.2. The summed E-state index contributed by atoms with van der Waals surface area (Å²) in [6.45, 7) is 4.89. The predicted octanol–water partition coefficient (Wildman–Crippen LogP) is 1.11. The number of aromatic nitrogens is 3. The van der Waals surface area contributed by atoms with Gasteiger partial charge in [0, 0.05) is 13.1 Å². The first-order valence-corrected chi connectivity index (χ1v) is 8.41. The number of fused-ring (bicyclic) bond motifs is 1. The molecule has 0 saturated carbocycles. The molecule has 0 saturated heterocycles. The topological polar surface area (TPSA) is 77.3 Å². The molecule has 22 heavy (non-hydrogen) atoms. The molecule has 8 heteroatoms. The third-order valence-corrected chi connectivity index (χ3v) is 5.71. The first kappa shape index (κ1) is 15.0. The molecule has 3 rings (SSSR count). The largest absolute Gasteiger partial charge is 0.495 e. The van der Waals surface area contributed by atoms with E-state index >= 15 is 0 Å². The fourth-order valence-electron chi connectivity index (χ4n) is 2.61. The molecule has 2 heterocycles. The molecule has 0 spiro atoms. The van der Waals surface area contributed by atoms with Crippen LogP contribution in [-0.4, -0.2) is 41.1 Å². The molecule has 1 aromatic heterocycles. The Morgan fingerprint density at radius 3 is 2.68 bits per heavy atom. The van der Waals surface area contributed by atoms with Crippen molar-refractivity contribution >= 4 is 10.0 Å². The van der Waals surface area contributed by atoms with Crippen LogP contribution in [0.5, 0.6) is 5.75 Å². The summed E-state index contributed by atoms with van der Waals surface area (Å²) in [4.78, 5) is 0.194. The zero-order valence-corrected chi connectivity index (χ0v) is 13.6. The van der Waals surface area contributed by atoms with Crippen LogP contribution in [0, 0.1) is 13.8 Å². The predicted molar refractivity (Wildman–Crippen MR) is 80.1 cm³/mol. The van der Waals surface area contributed by atoms with Crippen LogP contribution >= 0.6 is 0 Å². The number of hydrogen-bond donors (Lipinski definition) is 0. The fourth-order valence-corrected chi connectivity index (χ4v) is 4.24. The van der Waals surface area contributed by atoms with E-state index in [1.165, 1.54) is 11.4 Å². The molecule has 0 bridgehead atoms. The van der Waals surface area contributed by atoms with Gasteiger partial charge >= 0.3 is 0 Å². The van der Waals surface area contributed by atoms with E-state index in [4.69, 9.17) is 4.74 Å². The molecule has 0 N–H and O–H groups in total. The number of nitrogens with zero attached hydrogens (tertiary/aromatic N) is 4. The Morgan fingerprint density at radius 1 is 1.18 bits per heavy atom. The van der Waals surface area contributed by atoms with E-state index in [1.54, 1.807) is 12.1 Å². The van der Waals surface area contributed by atoms with Crippen molar-refractivity contribution in [3.8, 4) is 5.75 Å². The zero-order chi connectivity index (χ0) is 15.9. The van der Waals surface area contributed by atoms with E-state index in [-0.39, 0.29) is 11.4 Å². The molecule has 7 nitrogen and oxygen atoms in total. The highest BCUT2D eigenvalue weighted by atomic mass is 32.2. The minimum Gasteiger partial charge on any atom is -0.495 e. The first-order valence-electron chi connectivity index (χ1n) is 6.97. The average Bonchev–Trinajstić information content (AvgIpc) is 2.88. The maximum absolute atomic E-state index is 12.9. The molecule has 0 radical (unpaired) electrons. The molecule has 118 valence electrons. The normalized spacial score (nSPS) is 15.6. The zero-order valence-electron chi connectivity index (χ0n) is 12.8. The van der Waals surface area contributed by atoms with Gasteiger partial charge in [-0.1, -0.05) is 6.07 Å². The maximum atomic E-state index is 12.9. The van der Waals surface area contributed by atoms with Crippen molar-refractivity contribution in [2.45, 2.75) is 31.8 Å². The fraction of sp³-hybridized carbons (Fsp3) is 0.429. The molecule has 0 aliphatic carbocycles. The standard InChI is InChI=1S/C14H18N4O3S/c1-10-4-5-12(21-3)13(8-10)22(19,20)17-6-7-18-11(2)15-16-14(18)9-17/h4-5,8H,6-7,9H2,1-3H3. The van der Waals surface area contributed by atoms with Crippen LogP contribution in [0.25, 0.3) is 0 Å². The summed E-state index contributed by atoms with van der Waals surface area (Å²) >= 11 is 0. The number of hydrogen-bond acceptors (Lipinski definition) is 5. The molecule has 2 aromatic rings. The Balaban J connectivity index is 2.00. The third-order valence-electron chi connectivity index (χ3n) is 3.84. The van der Waals surface area contributed by atoms with Crippen molar-refractivity contribution in [2.75, 3.05) is 13.7 Å². The average molecular weight is 322 g/mol. The molecule has 0 fully saturated rings. The summed E-state index contributed by atoms with van der Waals surface area (Å²) in [6, 6.07) is 5.14. The van der Waals surface area contributed by atoms with Crippen molar-refractivity contribution < 1.29 is 13.2 Å². The molecule has 0 atom stereocenters. The molecule has 0 unspecified atom stereocenters. The van der Waals surface area contributed by atoms with Crippen molar-refractivity contribution in [3.63, 3.8) is 0 Å². The SMILES string of the molecule is COc1ccc(C)cc1S(=O)(=O)N1CCn2c(C)nnc2C1. The summed E-state index contributed by atoms with van der Waals surface area (Å²) < 4.78 is 34.4. The van der Waals surface area contributed by atoms with E-state index in [1.807, 2.05) is 24.5 Å². The molecular formula is C14H18N4O3S. The second-order valence-corrected chi connectivity index (χ2v) is 7.21. The lowest BCUT2D eigenvalue weighted by Gasteiger charge is -2.27. The van der Waals surface area contributed by atoms with E-state index in [2.05, 4.69) is 10.2 Å². The van der Waals surface area contributed by atoms with Gasteiger partial charge in [0.05, 0.1) is 13.7 Å². The van der Waals surface area contributed by atoms with E-state index in [0.29, 0.717) is 24.7 Å². The number of rotatable bonds is 3. The van der Waals surface area contributed by atoms with Gasteiger partial charge in [-0.25, -0.2) is 8.42 Å². The van der Waals surface area contributed by atoms with Gasteiger partial charge in [0.1, 0.15) is 22.3 Å². The maximum Gasteiger partial charge on any atom is 0.247 e. The van der Waals surface area contributed by atoms with Crippen LogP contribution < -0.4 is 4.74 Å². The Kier molecular flexibility index (Phi) is 3.65. The summed E-state index contributed by atoms with van der Waals surface area (Å²) in [5.74, 6) is 1.83. The number of sulfonamides is 1. The van der Waals surface area contributed by atoms with Crippen LogP contribution in [0.4, 0.5) is 0 Å². The smallest absolute Gasteiger partial charge is 0.247 e. The van der Waals surface area contributed by atoms with Crippen molar-refractivity contribution in [3.05, 3.63) is 35.4 Å². The number of benzene rings is 1. The Bertz CT molecular complexity index is 813. The molecule has 0 amide bonds. The van der Waals surface area contributed by atoms with E-state index < -0.39 is 10.0 Å². The second kappa shape index (κ2) is 5.36. The van der Waals surface area contributed by atoms with Crippen LogP contribution in [0.3, 0.4) is 0 Å². The van der Waals surface area contributed by atoms with Crippen molar-refractivity contribution in [2.24, 2.45) is 0 Å². The molecular weight excluding hydrogens is 304 g/mol. The van der Waals surface area contributed by atoms with Gasteiger partial charge in [-0.15, -0.1) is 10.2 Å². The van der Waals surface area contributed by atoms with E-state index in [0.717, 1.165) is 11.4 Å². The quantitative estimate of drug-likeness (QED) is 0.846. The van der Waals surface area contributed by atoms with Gasteiger partial charge in [0.25, 0.3) is 0 Å². The molecule has 1 aliphatic heterocycles. The van der Waals surface area contributed by atoms with Gasteiger partial charge in [-0.3, -0.25) is 0 Å². The van der Waals surface area contributed by atoms with Gasteiger partial charge in [-0.05, 0) is 31.5 Å². The second-order valence-electron chi connectivity index (χ2n) is 5.31. The van der Waals surface area contributed by atoms with Gasteiger partial charge < -0.3 is 9.30 Å². The summed E-state index contributed by atoms with van der Waals surface area (Å²) in [5, 5.41) is 8.05. The minimum atomic E-state index is -3.63. The Labute approximate surface area is 129 Å². The van der Waals surface area contributed by atoms with Gasteiger partial charge in [0.15, 0.2) is 0 Å². The van der Waals surface area contributed by atoms with Gasteiger partial charge in [-0.2, -0.15) is 4.31 Å². The van der Waals surface area contributed by atoms with Crippen LogP contribution in [0.15, 0.2) is 23.1 Å². The van der Waals surface area contributed by atoms with Crippen LogP contribution in [0.2, 0.25) is 0 Å². The highest BCUT2D eigenvalue weighted by Gasteiger charge is 2.32. The van der Waals surface area contributed by atoms with Crippen molar-refractivity contribution in [1.29, 1.82) is 0 Å². The lowest BCUT2D eigenvalue weighted by molar-refractivity contribution is 0.330.